The average Bonchev–Trinajstić information content (AvgIpc) is 3.44. The fourth-order valence-corrected chi connectivity index (χ4v) is 8.02. The van der Waals surface area contributed by atoms with E-state index < -0.39 is 0 Å². The van der Waals surface area contributed by atoms with Gasteiger partial charge in [-0.25, -0.2) is 0 Å². The number of allylic oxidation sites excluding steroid dienone is 13. The Morgan fingerprint density at radius 2 is 1.51 bits per heavy atom. The Morgan fingerprint density at radius 1 is 0.756 bits per heavy atom. The van der Waals surface area contributed by atoms with Crippen LogP contribution >= 0.6 is 0 Å². The Bertz CT molecular complexity index is 1780. The van der Waals surface area contributed by atoms with Crippen LogP contribution in [0.5, 0.6) is 0 Å². The first-order chi connectivity index (χ1) is 20.1. The van der Waals surface area contributed by atoms with Crippen molar-refractivity contribution in [2.24, 2.45) is 0 Å². The smallest absolute Gasteiger partial charge is 0.0639 e. The predicted molar refractivity (Wildman–Crippen MR) is 177 cm³/mol. The third-order valence-corrected chi connectivity index (χ3v) is 9.89. The number of benzene rings is 3. The SMILES string of the molecule is C=CC1=C(C)C2(C(C)=C(CC)C3=C2C=CCC3)c2cc(-c3cc(C4=CCCC=C4)cc(-c4ccccc4)c3)ccc21. The van der Waals surface area contributed by atoms with Crippen LogP contribution in [0.1, 0.15) is 69.6 Å². The lowest BCUT2D eigenvalue weighted by Gasteiger charge is -2.34. The maximum Gasteiger partial charge on any atom is 0.0639 e. The summed E-state index contributed by atoms with van der Waals surface area (Å²) in [7, 11) is 0. The van der Waals surface area contributed by atoms with Gasteiger partial charge < -0.3 is 0 Å². The zero-order chi connectivity index (χ0) is 28.1. The van der Waals surface area contributed by atoms with Crippen LogP contribution in [0.2, 0.25) is 0 Å². The molecule has 0 radical (unpaired) electrons. The molecule has 1 unspecified atom stereocenters. The molecule has 0 aromatic heterocycles. The Hall–Kier alpha value is -4.16. The second-order valence-electron chi connectivity index (χ2n) is 11.8. The van der Waals surface area contributed by atoms with E-state index in [0.29, 0.717) is 0 Å². The van der Waals surface area contributed by atoms with Crippen molar-refractivity contribution in [1.29, 1.82) is 0 Å². The summed E-state index contributed by atoms with van der Waals surface area (Å²) < 4.78 is 0. The Labute approximate surface area is 245 Å². The topological polar surface area (TPSA) is 0 Å². The van der Waals surface area contributed by atoms with Crippen molar-refractivity contribution in [3.63, 3.8) is 0 Å². The fraction of sp³-hybridized carbons (Fsp3) is 0.220. The molecule has 0 bridgehead atoms. The van der Waals surface area contributed by atoms with Crippen LogP contribution < -0.4 is 0 Å². The van der Waals surface area contributed by atoms with Gasteiger partial charge in [-0.2, -0.15) is 0 Å². The highest BCUT2D eigenvalue weighted by Gasteiger charge is 2.51. The lowest BCUT2D eigenvalue weighted by Crippen LogP contribution is -2.28. The summed E-state index contributed by atoms with van der Waals surface area (Å²) in [6, 6.07) is 25.1. The van der Waals surface area contributed by atoms with Crippen molar-refractivity contribution in [3.8, 4) is 22.3 Å². The molecule has 1 atom stereocenters. The van der Waals surface area contributed by atoms with Crippen LogP contribution in [-0.4, -0.2) is 0 Å². The van der Waals surface area contributed by atoms with Gasteiger partial charge in [-0.05, 0) is 143 Å². The second-order valence-corrected chi connectivity index (χ2v) is 11.8. The van der Waals surface area contributed by atoms with Gasteiger partial charge in [0, 0.05) is 0 Å². The van der Waals surface area contributed by atoms with Crippen LogP contribution in [-0.2, 0) is 5.41 Å². The normalized spacial score (nSPS) is 21.1. The van der Waals surface area contributed by atoms with E-state index in [4.69, 9.17) is 0 Å². The molecule has 1 spiro atoms. The Balaban J connectivity index is 1.46. The zero-order valence-corrected chi connectivity index (χ0v) is 24.6. The molecule has 0 aliphatic heterocycles. The first-order valence-electron chi connectivity index (χ1n) is 15.2. The third-order valence-electron chi connectivity index (χ3n) is 9.89. The molecule has 3 aromatic carbocycles. The van der Waals surface area contributed by atoms with Crippen LogP contribution in [0.4, 0.5) is 0 Å². The van der Waals surface area contributed by atoms with Gasteiger partial charge in [0.15, 0.2) is 0 Å². The summed E-state index contributed by atoms with van der Waals surface area (Å²) in [6.07, 6.45) is 19.5. The molecule has 4 aliphatic rings. The molecule has 0 fully saturated rings. The van der Waals surface area contributed by atoms with E-state index in [2.05, 4.69) is 131 Å². The van der Waals surface area contributed by atoms with Crippen molar-refractivity contribution in [1.82, 2.24) is 0 Å². The van der Waals surface area contributed by atoms with E-state index >= 15 is 0 Å². The van der Waals surface area contributed by atoms with E-state index in [9.17, 15) is 0 Å². The second kappa shape index (κ2) is 10.0. The van der Waals surface area contributed by atoms with E-state index in [1.165, 1.54) is 66.8 Å². The van der Waals surface area contributed by atoms with Gasteiger partial charge in [-0.1, -0.05) is 98.0 Å². The zero-order valence-electron chi connectivity index (χ0n) is 24.6. The maximum absolute atomic E-state index is 4.28. The van der Waals surface area contributed by atoms with E-state index in [-0.39, 0.29) is 5.41 Å². The number of hydrogen-bond donors (Lipinski definition) is 0. The third kappa shape index (κ3) is 3.81. The van der Waals surface area contributed by atoms with Crippen LogP contribution in [0.25, 0.3) is 33.4 Å². The van der Waals surface area contributed by atoms with Gasteiger partial charge in [-0.3, -0.25) is 0 Å². The summed E-state index contributed by atoms with van der Waals surface area (Å²) >= 11 is 0. The highest BCUT2D eigenvalue weighted by Crippen LogP contribution is 2.62. The molecule has 41 heavy (non-hydrogen) atoms. The quantitative estimate of drug-likeness (QED) is 0.308. The van der Waals surface area contributed by atoms with Crippen LogP contribution in [0, 0.1) is 0 Å². The fourth-order valence-electron chi connectivity index (χ4n) is 8.02. The van der Waals surface area contributed by atoms with Crippen molar-refractivity contribution in [2.45, 2.75) is 58.3 Å². The van der Waals surface area contributed by atoms with Gasteiger partial charge in [0.25, 0.3) is 0 Å². The van der Waals surface area contributed by atoms with E-state index in [0.717, 1.165) is 32.1 Å². The van der Waals surface area contributed by atoms with Crippen molar-refractivity contribution < 1.29 is 0 Å². The molecular weight excluding hydrogens is 492 g/mol. The van der Waals surface area contributed by atoms with E-state index in [1.54, 1.807) is 11.1 Å². The number of fused-ring (bicyclic) bond motifs is 3. The molecule has 0 saturated heterocycles. The minimum absolute atomic E-state index is 0.193. The van der Waals surface area contributed by atoms with Gasteiger partial charge in [0.05, 0.1) is 5.41 Å². The Morgan fingerprint density at radius 3 is 2.24 bits per heavy atom. The largest absolute Gasteiger partial charge is 0.0984 e. The molecule has 3 aromatic rings. The van der Waals surface area contributed by atoms with Gasteiger partial charge >= 0.3 is 0 Å². The average molecular weight is 531 g/mol. The van der Waals surface area contributed by atoms with Crippen molar-refractivity contribution in [2.75, 3.05) is 0 Å². The monoisotopic (exact) mass is 530 g/mol. The molecule has 4 aliphatic carbocycles. The summed E-state index contributed by atoms with van der Waals surface area (Å²) in [5.74, 6) is 0. The summed E-state index contributed by atoms with van der Waals surface area (Å²) in [6.45, 7) is 11.4. The molecular formula is C41H38. The predicted octanol–water partition coefficient (Wildman–Crippen LogP) is 11.4. The molecule has 0 N–H and O–H groups in total. The highest BCUT2D eigenvalue weighted by molar-refractivity contribution is 5.93. The first kappa shape index (κ1) is 25.8. The molecule has 202 valence electrons. The van der Waals surface area contributed by atoms with Crippen molar-refractivity contribution in [3.05, 3.63) is 154 Å². The summed E-state index contributed by atoms with van der Waals surface area (Å²) in [5.41, 5.74) is 19.1. The lowest BCUT2D eigenvalue weighted by atomic mass is 9.67. The van der Waals surface area contributed by atoms with Crippen LogP contribution in [0.15, 0.2) is 138 Å². The van der Waals surface area contributed by atoms with Gasteiger partial charge in [0.1, 0.15) is 0 Å². The number of hydrogen-bond acceptors (Lipinski definition) is 0. The minimum Gasteiger partial charge on any atom is -0.0984 e. The number of rotatable bonds is 5. The molecule has 0 amide bonds. The van der Waals surface area contributed by atoms with E-state index in [1.807, 2.05) is 0 Å². The van der Waals surface area contributed by atoms with Crippen molar-refractivity contribution >= 4 is 11.1 Å². The molecule has 0 heteroatoms. The highest BCUT2D eigenvalue weighted by atomic mass is 14.5. The molecule has 0 nitrogen and oxygen atoms in total. The standard InChI is InChI=1S/C41H38/c1-5-35-27(3)41(39-20-14-13-19-37(35)39)28(4)36(6-2)38-22-21-31(26-40(38)41)34-24-32(29-15-9-7-10-16-29)23-33(25-34)30-17-11-8-12-18-30/h6-7,9-11,14-18,20-26H,2,5,8,12-13,19H2,1,3-4H3. The summed E-state index contributed by atoms with van der Waals surface area (Å²) in [4.78, 5) is 0. The minimum atomic E-state index is -0.193. The molecule has 0 saturated carbocycles. The lowest BCUT2D eigenvalue weighted by molar-refractivity contribution is 0.725. The van der Waals surface area contributed by atoms with Gasteiger partial charge in [-0.15, -0.1) is 0 Å². The first-order valence-corrected chi connectivity index (χ1v) is 15.2. The molecule has 0 heterocycles. The van der Waals surface area contributed by atoms with Crippen LogP contribution in [0.3, 0.4) is 0 Å². The molecule has 7 rings (SSSR count). The van der Waals surface area contributed by atoms with Gasteiger partial charge in [0.2, 0.25) is 0 Å². The Kier molecular flexibility index (Phi) is 6.31. The summed E-state index contributed by atoms with van der Waals surface area (Å²) in [5, 5.41) is 0. The maximum atomic E-state index is 4.28.